The van der Waals surface area contributed by atoms with E-state index < -0.39 is 5.97 Å². The maximum absolute atomic E-state index is 10.7. The van der Waals surface area contributed by atoms with Crippen LogP contribution in [0.5, 0.6) is 0 Å². The largest absolute Gasteiger partial charge is 0.478 e. The van der Waals surface area contributed by atoms with Crippen molar-refractivity contribution in [3.05, 3.63) is 41.6 Å². The Morgan fingerprint density at radius 3 is 2.80 bits per heavy atom. The van der Waals surface area contributed by atoms with Crippen LogP contribution >= 0.6 is 0 Å². The molecular weight excluding hydrogens is 192 g/mol. The lowest BCUT2D eigenvalue weighted by atomic mass is 10.1. The van der Waals surface area contributed by atoms with Crippen LogP contribution < -0.4 is 5.73 Å². The van der Waals surface area contributed by atoms with Crippen molar-refractivity contribution in [1.82, 2.24) is 4.98 Å². The van der Waals surface area contributed by atoms with E-state index in [0.717, 1.165) is 16.6 Å². The molecule has 1 aromatic carbocycles. The number of carboxylic acids is 1. The number of nitrogens with two attached hydrogens (primary N) is 1. The van der Waals surface area contributed by atoms with Crippen molar-refractivity contribution >= 4 is 16.9 Å². The van der Waals surface area contributed by atoms with Gasteiger partial charge in [0.05, 0.1) is 16.8 Å². The lowest BCUT2D eigenvalue weighted by Crippen LogP contribution is -2.00. The summed E-state index contributed by atoms with van der Waals surface area (Å²) in [5, 5.41) is 9.62. The molecule has 2 rings (SSSR count). The third-order valence-corrected chi connectivity index (χ3v) is 2.20. The molecule has 0 aliphatic rings. The molecule has 0 bridgehead atoms. The van der Waals surface area contributed by atoms with Gasteiger partial charge in [0, 0.05) is 11.9 Å². The summed E-state index contributed by atoms with van der Waals surface area (Å²) in [6, 6.07) is 8.46. The number of benzene rings is 1. The van der Waals surface area contributed by atoms with Gasteiger partial charge in [0.25, 0.3) is 0 Å². The Morgan fingerprint density at radius 2 is 2.13 bits per heavy atom. The smallest absolute Gasteiger partial charge is 0.335 e. The van der Waals surface area contributed by atoms with Crippen LogP contribution in [0.1, 0.15) is 16.1 Å². The van der Waals surface area contributed by atoms with Gasteiger partial charge < -0.3 is 10.8 Å². The summed E-state index contributed by atoms with van der Waals surface area (Å²) < 4.78 is 0. The second-order valence-corrected chi connectivity index (χ2v) is 3.22. The molecule has 0 atom stereocenters. The fraction of sp³-hybridized carbons (Fsp3) is 0.0909. The quantitative estimate of drug-likeness (QED) is 0.771. The fourth-order valence-electron chi connectivity index (χ4n) is 1.41. The summed E-state index contributed by atoms with van der Waals surface area (Å²) >= 11 is 0. The minimum atomic E-state index is -0.931. The zero-order valence-corrected chi connectivity index (χ0v) is 7.97. The molecule has 0 aliphatic carbocycles. The highest BCUT2D eigenvalue weighted by Crippen LogP contribution is 2.14. The van der Waals surface area contributed by atoms with E-state index in [1.54, 1.807) is 18.2 Å². The minimum Gasteiger partial charge on any atom is -0.478 e. The van der Waals surface area contributed by atoms with E-state index in [4.69, 9.17) is 10.8 Å². The van der Waals surface area contributed by atoms with E-state index in [0.29, 0.717) is 6.54 Å². The molecule has 2 aromatic rings. The summed E-state index contributed by atoms with van der Waals surface area (Å²) in [7, 11) is 0. The standard InChI is InChI=1S/C11H10N2O2/c12-6-9-3-1-7-5-8(11(14)15)2-4-10(7)13-9/h1-5H,6,12H2,(H,14,15). The summed E-state index contributed by atoms with van der Waals surface area (Å²) in [5.74, 6) is -0.931. The molecule has 0 saturated carbocycles. The van der Waals surface area contributed by atoms with Crippen molar-refractivity contribution in [2.24, 2.45) is 5.73 Å². The van der Waals surface area contributed by atoms with Crippen LogP contribution in [0.3, 0.4) is 0 Å². The molecule has 4 nitrogen and oxygen atoms in total. The zero-order chi connectivity index (χ0) is 10.8. The number of carboxylic acid groups (broad SMARTS) is 1. The average Bonchev–Trinajstić information content (AvgIpc) is 2.27. The van der Waals surface area contributed by atoms with Crippen LogP contribution in [-0.2, 0) is 6.54 Å². The van der Waals surface area contributed by atoms with Crippen LogP contribution in [-0.4, -0.2) is 16.1 Å². The van der Waals surface area contributed by atoms with Gasteiger partial charge in [0.1, 0.15) is 0 Å². The molecule has 15 heavy (non-hydrogen) atoms. The third-order valence-electron chi connectivity index (χ3n) is 2.20. The highest BCUT2D eigenvalue weighted by atomic mass is 16.4. The Bertz CT molecular complexity index is 523. The Balaban J connectivity index is 2.59. The predicted molar refractivity (Wildman–Crippen MR) is 56.6 cm³/mol. The Kier molecular flexibility index (Phi) is 2.35. The van der Waals surface area contributed by atoms with Crippen molar-refractivity contribution < 1.29 is 9.90 Å². The van der Waals surface area contributed by atoms with E-state index in [1.807, 2.05) is 6.07 Å². The van der Waals surface area contributed by atoms with Crippen molar-refractivity contribution in [1.29, 1.82) is 0 Å². The van der Waals surface area contributed by atoms with E-state index >= 15 is 0 Å². The molecule has 0 fully saturated rings. The number of carbonyl (C=O) groups is 1. The van der Waals surface area contributed by atoms with Gasteiger partial charge in [0.15, 0.2) is 0 Å². The second kappa shape index (κ2) is 3.67. The maximum atomic E-state index is 10.7. The molecule has 1 aromatic heterocycles. The predicted octanol–water partition coefficient (Wildman–Crippen LogP) is 1.39. The fourth-order valence-corrected chi connectivity index (χ4v) is 1.41. The van der Waals surface area contributed by atoms with Gasteiger partial charge in [-0.25, -0.2) is 4.79 Å². The first kappa shape index (κ1) is 9.61. The zero-order valence-electron chi connectivity index (χ0n) is 7.97. The molecule has 0 saturated heterocycles. The van der Waals surface area contributed by atoms with Gasteiger partial charge in [-0.1, -0.05) is 6.07 Å². The first-order valence-corrected chi connectivity index (χ1v) is 4.54. The highest BCUT2D eigenvalue weighted by Gasteiger charge is 2.04. The minimum absolute atomic E-state index is 0.268. The lowest BCUT2D eigenvalue weighted by molar-refractivity contribution is 0.0697. The van der Waals surface area contributed by atoms with Gasteiger partial charge in [-0.15, -0.1) is 0 Å². The summed E-state index contributed by atoms with van der Waals surface area (Å²) in [5.41, 5.74) is 7.29. The summed E-state index contributed by atoms with van der Waals surface area (Å²) in [6.07, 6.45) is 0. The van der Waals surface area contributed by atoms with Gasteiger partial charge in [-0.3, -0.25) is 4.98 Å². The van der Waals surface area contributed by atoms with Gasteiger partial charge >= 0.3 is 5.97 Å². The number of rotatable bonds is 2. The average molecular weight is 202 g/mol. The normalized spacial score (nSPS) is 10.5. The molecule has 0 radical (unpaired) electrons. The van der Waals surface area contributed by atoms with Crippen LogP contribution in [0.4, 0.5) is 0 Å². The Labute approximate surface area is 86.4 Å². The van der Waals surface area contributed by atoms with E-state index in [-0.39, 0.29) is 5.56 Å². The van der Waals surface area contributed by atoms with E-state index in [9.17, 15) is 4.79 Å². The van der Waals surface area contributed by atoms with Crippen molar-refractivity contribution in [3.63, 3.8) is 0 Å². The molecule has 1 heterocycles. The Hall–Kier alpha value is -1.94. The molecular formula is C11H10N2O2. The number of hydrogen-bond donors (Lipinski definition) is 2. The number of aromatic carboxylic acids is 1. The number of fused-ring (bicyclic) bond motifs is 1. The van der Waals surface area contributed by atoms with Crippen molar-refractivity contribution in [2.45, 2.75) is 6.54 Å². The number of nitrogens with zero attached hydrogens (tertiary/aromatic N) is 1. The topological polar surface area (TPSA) is 76.2 Å². The molecule has 3 N–H and O–H groups in total. The van der Waals surface area contributed by atoms with Gasteiger partial charge in [-0.2, -0.15) is 0 Å². The molecule has 4 heteroatoms. The first-order chi connectivity index (χ1) is 7.20. The third kappa shape index (κ3) is 1.80. The molecule has 0 unspecified atom stereocenters. The SMILES string of the molecule is NCc1ccc2cc(C(=O)O)ccc2n1. The Morgan fingerprint density at radius 1 is 1.33 bits per heavy atom. The van der Waals surface area contributed by atoms with Crippen molar-refractivity contribution in [2.75, 3.05) is 0 Å². The monoisotopic (exact) mass is 202 g/mol. The van der Waals surface area contributed by atoms with Gasteiger partial charge in [0.2, 0.25) is 0 Å². The molecule has 0 amide bonds. The van der Waals surface area contributed by atoms with E-state index in [1.165, 1.54) is 6.07 Å². The lowest BCUT2D eigenvalue weighted by Gasteiger charge is -2.01. The maximum Gasteiger partial charge on any atom is 0.335 e. The number of aromatic nitrogens is 1. The molecule has 76 valence electrons. The van der Waals surface area contributed by atoms with Crippen LogP contribution in [0.25, 0.3) is 10.9 Å². The summed E-state index contributed by atoms with van der Waals surface area (Å²) in [6.45, 7) is 0.386. The first-order valence-electron chi connectivity index (χ1n) is 4.54. The number of pyridine rings is 1. The second-order valence-electron chi connectivity index (χ2n) is 3.22. The van der Waals surface area contributed by atoms with Crippen LogP contribution in [0.15, 0.2) is 30.3 Å². The van der Waals surface area contributed by atoms with Crippen molar-refractivity contribution in [3.8, 4) is 0 Å². The van der Waals surface area contributed by atoms with E-state index in [2.05, 4.69) is 4.98 Å². The molecule has 0 spiro atoms. The van der Waals surface area contributed by atoms with Crippen LogP contribution in [0, 0.1) is 0 Å². The van der Waals surface area contributed by atoms with Gasteiger partial charge in [-0.05, 0) is 24.3 Å². The van der Waals surface area contributed by atoms with Crippen LogP contribution in [0.2, 0.25) is 0 Å². The molecule has 0 aliphatic heterocycles. The highest BCUT2D eigenvalue weighted by molar-refractivity contribution is 5.93. The number of hydrogen-bond acceptors (Lipinski definition) is 3. The summed E-state index contributed by atoms with van der Waals surface area (Å²) in [4.78, 5) is 15.0.